The molecule has 0 heterocycles. The number of carboxylic acid groups (broad SMARTS) is 1. The van der Waals surface area contributed by atoms with Crippen molar-refractivity contribution in [3.8, 4) is 23.5 Å². The quantitative estimate of drug-likeness (QED) is 0.591. The van der Waals surface area contributed by atoms with Crippen molar-refractivity contribution in [3.63, 3.8) is 0 Å². The van der Waals surface area contributed by atoms with E-state index in [4.69, 9.17) is 16.3 Å². The predicted molar refractivity (Wildman–Crippen MR) is 120 cm³/mol. The number of ether oxygens (including phenoxy) is 1. The number of hydrogen-bond donors (Lipinski definition) is 2. The fourth-order valence-corrected chi connectivity index (χ4v) is 3.92. The van der Waals surface area contributed by atoms with Crippen molar-refractivity contribution < 1.29 is 24.2 Å². The molecule has 0 saturated heterocycles. The Bertz CT molecular complexity index is 997. The van der Waals surface area contributed by atoms with E-state index in [1.165, 1.54) is 0 Å². The van der Waals surface area contributed by atoms with Crippen LogP contribution in [0.1, 0.15) is 36.8 Å². The maximum atomic E-state index is 12.3. The van der Waals surface area contributed by atoms with Gasteiger partial charge in [0.05, 0.1) is 6.54 Å². The highest BCUT2D eigenvalue weighted by molar-refractivity contribution is 5.82. The van der Waals surface area contributed by atoms with Crippen LogP contribution in [-0.2, 0) is 14.3 Å². The second-order valence-corrected chi connectivity index (χ2v) is 7.76. The number of benzene rings is 2. The Hall–Kier alpha value is -3.79. The molecule has 1 aliphatic rings. The third-order valence-electron chi connectivity index (χ3n) is 5.46. The molecule has 1 aliphatic carbocycles. The lowest BCUT2D eigenvalue weighted by Crippen LogP contribution is -2.38. The zero-order valence-electron chi connectivity index (χ0n) is 17.9. The Morgan fingerprint density at radius 1 is 1.12 bits per heavy atom. The summed E-state index contributed by atoms with van der Waals surface area (Å²) in [5.41, 5.74) is 4.57. The van der Waals surface area contributed by atoms with Crippen LogP contribution in [0.5, 0.6) is 0 Å². The summed E-state index contributed by atoms with van der Waals surface area (Å²) in [6.45, 7) is 1.45. The van der Waals surface area contributed by atoms with Gasteiger partial charge in [0, 0.05) is 18.4 Å². The van der Waals surface area contributed by atoms with Gasteiger partial charge in [0.1, 0.15) is 13.2 Å². The predicted octanol–water partition coefficient (Wildman–Crippen LogP) is 3.24. The first-order valence-corrected chi connectivity index (χ1v) is 10.4. The first-order valence-electron chi connectivity index (χ1n) is 10.4. The van der Waals surface area contributed by atoms with Crippen molar-refractivity contribution in [1.29, 1.82) is 0 Å². The molecule has 2 aromatic rings. The van der Waals surface area contributed by atoms with Gasteiger partial charge in [-0.15, -0.1) is 6.42 Å². The molecular weight excluding hydrogens is 408 g/mol. The van der Waals surface area contributed by atoms with Crippen molar-refractivity contribution in [2.24, 2.45) is 0 Å². The lowest BCUT2D eigenvalue weighted by molar-refractivity contribution is -0.144. The number of carbonyl (C=O) groups is 3. The minimum absolute atomic E-state index is 0.0293. The number of alkyl carbamates (subject to hydrolysis) is 1. The number of aliphatic carboxylic acids is 1. The highest BCUT2D eigenvalue weighted by atomic mass is 16.5. The van der Waals surface area contributed by atoms with Crippen molar-refractivity contribution in [2.75, 3.05) is 19.7 Å². The average molecular weight is 434 g/mol. The van der Waals surface area contributed by atoms with Crippen LogP contribution in [0.4, 0.5) is 4.79 Å². The van der Waals surface area contributed by atoms with E-state index in [0.29, 0.717) is 6.42 Å². The molecule has 2 aromatic carbocycles. The third kappa shape index (κ3) is 5.46. The number of rotatable bonds is 9. The molecule has 0 aliphatic heterocycles. The van der Waals surface area contributed by atoms with Gasteiger partial charge in [-0.3, -0.25) is 9.59 Å². The van der Waals surface area contributed by atoms with Crippen molar-refractivity contribution in [3.05, 3.63) is 59.7 Å². The molecule has 7 nitrogen and oxygen atoms in total. The zero-order valence-corrected chi connectivity index (χ0v) is 17.9. The Morgan fingerprint density at radius 2 is 1.72 bits per heavy atom. The van der Waals surface area contributed by atoms with E-state index in [2.05, 4.69) is 35.5 Å². The van der Waals surface area contributed by atoms with Crippen LogP contribution in [0.15, 0.2) is 48.5 Å². The number of carboxylic acids is 1. The van der Waals surface area contributed by atoms with Crippen LogP contribution in [-0.4, -0.2) is 53.7 Å². The second-order valence-electron chi connectivity index (χ2n) is 7.76. The summed E-state index contributed by atoms with van der Waals surface area (Å²) in [7, 11) is 0. The molecule has 0 bridgehead atoms. The monoisotopic (exact) mass is 434 g/mol. The van der Waals surface area contributed by atoms with Crippen LogP contribution in [0.3, 0.4) is 0 Å². The smallest absolute Gasteiger partial charge is 0.407 e. The van der Waals surface area contributed by atoms with Crippen LogP contribution in [0.2, 0.25) is 0 Å². The third-order valence-corrected chi connectivity index (χ3v) is 5.46. The van der Waals surface area contributed by atoms with Crippen molar-refractivity contribution in [1.82, 2.24) is 10.2 Å². The highest BCUT2D eigenvalue weighted by Gasteiger charge is 2.29. The molecule has 0 spiro atoms. The SMILES string of the molecule is C#CCN(CC(=O)O)C(=O)CCC(C)NC(=O)OCC1c2ccccc2-c2ccccc21. The van der Waals surface area contributed by atoms with E-state index in [0.717, 1.165) is 27.2 Å². The van der Waals surface area contributed by atoms with Crippen molar-refractivity contribution >= 4 is 18.0 Å². The van der Waals surface area contributed by atoms with Crippen LogP contribution in [0.25, 0.3) is 11.1 Å². The van der Waals surface area contributed by atoms with Gasteiger partial charge >= 0.3 is 12.1 Å². The lowest BCUT2D eigenvalue weighted by atomic mass is 9.98. The van der Waals surface area contributed by atoms with Crippen LogP contribution >= 0.6 is 0 Å². The van der Waals surface area contributed by atoms with Gasteiger partial charge in [0.15, 0.2) is 0 Å². The molecule has 3 rings (SSSR count). The molecule has 0 radical (unpaired) electrons. The fourth-order valence-electron chi connectivity index (χ4n) is 3.92. The van der Waals surface area contributed by atoms with Gasteiger partial charge < -0.3 is 20.1 Å². The Morgan fingerprint density at radius 3 is 2.28 bits per heavy atom. The standard InChI is InChI=1S/C25H26N2O5/c1-3-14-27(15-24(29)30)23(28)13-12-17(2)26-25(31)32-16-22-20-10-6-4-8-18(20)19-9-5-7-11-21(19)22/h1,4-11,17,22H,12-16H2,2H3,(H,26,31)(H,29,30). The Kier molecular flexibility index (Phi) is 7.50. The fraction of sp³-hybridized carbons (Fsp3) is 0.320. The summed E-state index contributed by atoms with van der Waals surface area (Å²) in [6.07, 6.45) is 5.05. The molecule has 0 fully saturated rings. The summed E-state index contributed by atoms with van der Waals surface area (Å²) in [4.78, 5) is 36.5. The normalized spacial score (nSPS) is 12.8. The van der Waals surface area contributed by atoms with Crippen LogP contribution < -0.4 is 5.32 Å². The molecule has 1 atom stereocenters. The Balaban J connectivity index is 1.50. The van der Waals surface area contributed by atoms with E-state index in [9.17, 15) is 14.4 Å². The second kappa shape index (κ2) is 10.5. The first kappa shape index (κ1) is 22.9. The lowest BCUT2D eigenvalue weighted by Gasteiger charge is -2.20. The summed E-state index contributed by atoms with van der Waals surface area (Å²) < 4.78 is 5.51. The van der Waals surface area contributed by atoms with Crippen molar-refractivity contribution in [2.45, 2.75) is 31.7 Å². The van der Waals surface area contributed by atoms with E-state index < -0.39 is 18.6 Å². The number of nitrogens with one attached hydrogen (secondary N) is 1. The minimum Gasteiger partial charge on any atom is -0.480 e. The maximum Gasteiger partial charge on any atom is 0.407 e. The van der Waals surface area contributed by atoms with Gasteiger partial charge in [0.25, 0.3) is 0 Å². The summed E-state index contributed by atoms with van der Waals surface area (Å²) >= 11 is 0. The largest absolute Gasteiger partial charge is 0.480 e. The number of nitrogens with zero attached hydrogens (tertiary/aromatic N) is 1. The summed E-state index contributed by atoms with van der Waals surface area (Å²) in [5, 5.41) is 11.6. The van der Waals surface area contributed by atoms with E-state index in [-0.39, 0.29) is 37.4 Å². The highest BCUT2D eigenvalue weighted by Crippen LogP contribution is 2.44. The number of carbonyl (C=O) groups excluding carboxylic acids is 2. The van der Waals surface area contributed by atoms with E-state index in [1.807, 2.05) is 24.3 Å². The molecule has 2 N–H and O–H groups in total. The summed E-state index contributed by atoms with van der Waals surface area (Å²) in [5.74, 6) is 0.759. The molecule has 0 aromatic heterocycles. The van der Waals surface area contributed by atoms with Gasteiger partial charge in [0.2, 0.25) is 5.91 Å². The van der Waals surface area contributed by atoms with E-state index >= 15 is 0 Å². The first-order chi connectivity index (χ1) is 15.4. The maximum absolute atomic E-state index is 12.3. The van der Waals surface area contributed by atoms with Gasteiger partial charge in [-0.25, -0.2) is 4.79 Å². The summed E-state index contributed by atoms with van der Waals surface area (Å²) in [6, 6.07) is 15.9. The number of hydrogen-bond acceptors (Lipinski definition) is 4. The molecule has 1 unspecified atom stereocenters. The number of amides is 2. The number of terminal acetylenes is 1. The number of fused-ring (bicyclic) bond motifs is 3. The van der Waals surface area contributed by atoms with Gasteiger partial charge in [-0.05, 0) is 35.6 Å². The average Bonchev–Trinajstić information content (AvgIpc) is 3.09. The van der Waals surface area contributed by atoms with Gasteiger partial charge in [-0.2, -0.15) is 0 Å². The van der Waals surface area contributed by atoms with Crippen LogP contribution in [0, 0.1) is 12.3 Å². The molecule has 166 valence electrons. The van der Waals surface area contributed by atoms with E-state index in [1.54, 1.807) is 6.92 Å². The molecular formula is C25H26N2O5. The topological polar surface area (TPSA) is 95.9 Å². The zero-order chi connectivity index (χ0) is 23.1. The molecule has 2 amide bonds. The minimum atomic E-state index is -1.13. The van der Waals surface area contributed by atoms with Gasteiger partial charge in [-0.1, -0.05) is 54.5 Å². The molecule has 7 heteroatoms. The molecule has 32 heavy (non-hydrogen) atoms. The molecule has 0 saturated carbocycles. The Labute approximate surface area is 187 Å².